The summed E-state index contributed by atoms with van der Waals surface area (Å²) in [4.78, 5) is 50.5. The lowest BCUT2D eigenvalue weighted by atomic mass is 10.1. The Balaban J connectivity index is 1.25. The molecule has 18 heteroatoms. The van der Waals surface area contributed by atoms with E-state index in [1.165, 1.54) is 12.1 Å². The van der Waals surface area contributed by atoms with Crippen LogP contribution in [-0.4, -0.2) is 79.0 Å². The van der Waals surface area contributed by atoms with Crippen molar-refractivity contribution >= 4 is 23.4 Å². The highest BCUT2D eigenvalue weighted by Crippen LogP contribution is 2.23. The van der Waals surface area contributed by atoms with Crippen LogP contribution in [0.25, 0.3) is 0 Å². The zero-order valence-electron chi connectivity index (χ0n) is 23.5. The fraction of sp³-hybridized carbons (Fsp3) is 0.407. The van der Waals surface area contributed by atoms with Crippen molar-refractivity contribution in [2.75, 3.05) is 18.4 Å². The van der Waals surface area contributed by atoms with E-state index in [1.807, 2.05) is 0 Å². The topological polar surface area (TPSA) is 161 Å². The summed E-state index contributed by atoms with van der Waals surface area (Å²) in [6, 6.07) is 6.06. The molecular weight excluding hydrogens is 613 g/mol. The zero-order chi connectivity index (χ0) is 32.7. The average molecular weight is 642 g/mol. The fourth-order valence-electron chi connectivity index (χ4n) is 4.47. The smallest absolute Gasteiger partial charge is 0.406 e. The minimum atomic E-state index is -4.87. The Morgan fingerprint density at radius 3 is 2.71 bits per heavy atom. The number of ether oxygens (including phenoxy) is 1. The average Bonchev–Trinajstić information content (AvgIpc) is 3.45. The van der Waals surface area contributed by atoms with Gasteiger partial charge in [0.1, 0.15) is 11.9 Å². The maximum atomic E-state index is 14.7. The summed E-state index contributed by atoms with van der Waals surface area (Å²) >= 11 is 0. The van der Waals surface area contributed by atoms with Crippen LogP contribution in [0.5, 0.6) is 5.75 Å². The van der Waals surface area contributed by atoms with Crippen LogP contribution in [0.15, 0.2) is 47.5 Å². The molecule has 2 aromatic heterocycles. The number of rotatable bonds is 10. The molecule has 3 amide bonds. The Kier molecular flexibility index (Phi) is 10.5. The molecule has 0 aliphatic carbocycles. The van der Waals surface area contributed by atoms with Crippen molar-refractivity contribution in [1.82, 2.24) is 29.8 Å². The van der Waals surface area contributed by atoms with E-state index in [2.05, 4.69) is 25.7 Å². The highest BCUT2D eigenvalue weighted by molar-refractivity contribution is 6.39. The second-order valence-electron chi connectivity index (χ2n) is 10.1. The van der Waals surface area contributed by atoms with Crippen molar-refractivity contribution in [2.45, 2.75) is 57.5 Å². The molecule has 1 aromatic carbocycles. The van der Waals surface area contributed by atoms with Gasteiger partial charge >= 0.3 is 18.2 Å². The highest BCUT2D eigenvalue weighted by Gasteiger charge is 2.31. The molecule has 1 saturated heterocycles. The van der Waals surface area contributed by atoms with Gasteiger partial charge in [0.2, 0.25) is 5.82 Å². The van der Waals surface area contributed by atoms with Crippen molar-refractivity contribution in [1.29, 1.82) is 0 Å². The molecule has 1 fully saturated rings. The third-order valence-electron chi connectivity index (χ3n) is 6.66. The quantitative estimate of drug-likeness (QED) is 0.223. The van der Waals surface area contributed by atoms with Gasteiger partial charge in [0.05, 0.1) is 24.5 Å². The molecule has 1 aliphatic rings. The number of nitrogens with one attached hydrogen (secondary N) is 2. The summed E-state index contributed by atoms with van der Waals surface area (Å²) in [5, 5.41) is 21.5. The molecule has 242 valence electrons. The van der Waals surface area contributed by atoms with Crippen molar-refractivity contribution in [3.05, 3.63) is 70.2 Å². The van der Waals surface area contributed by atoms with Crippen molar-refractivity contribution in [3.8, 4) is 5.75 Å². The Labute approximate surface area is 251 Å². The largest absolute Gasteiger partial charge is 0.573 e. The molecule has 2 atom stereocenters. The van der Waals surface area contributed by atoms with Gasteiger partial charge in [-0.25, -0.2) is 9.07 Å². The summed E-state index contributed by atoms with van der Waals surface area (Å²) in [7, 11) is 0. The normalized spacial score (nSPS) is 15.8. The van der Waals surface area contributed by atoms with E-state index in [0.717, 1.165) is 44.7 Å². The van der Waals surface area contributed by atoms with Crippen LogP contribution < -0.4 is 20.9 Å². The van der Waals surface area contributed by atoms with E-state index < -0.39 is 59.2 Å². The van der Waals surface area contributed by atoms with Crippen molar-refractivity contribution in [2.24, 2.45) is 0 Å². The number of β-amino-alcohol motifs (C(OH)–C–C–N with tert-alkyl or cyclic N) is 1. The summed E-state index contributed by atoms with van der Waals surface area (Å²) < 4.78 is 72.3. The molecule has 0 spiro atoms. The molecule has 3 aromatic rings. The van der Waals surface area contributed by atoms with Gasteiger partial charge in [0, 0.05) is 32.4 Å². The van der Waals surface area contributed by atoms with Crippen LogP contribution in [0.4, 0.5) is 27.6 Å². The van der Waals surface area contributed by atoms with E-state index in [9.17, 15) is 46.2 Å². The predicted molar refractivity (Wildman–Crippen MR) is 145 cm³/mol. The van der Waals surface area contributed by atoms with E-state index in [1.54, 1.807) is 0 Å². The van der Waals surface area contributed by atoms with Crippen LogP contribution >= 0.6 is 0 Å². The Hall–Kier alpha value is -4.87. The number of carbonyl (C=O) groups is 3. The Morgan fingerprint density at radius 1 is 1.20 bits per heavy atom. The van der Waals surface area contributed by atoms with Gasteiger partial charge in [-0.1, -0.05) is 17.3 Å². The van der Waals surface area contributed by atoms with Gasteiger partial charge in [0.15, 0.2) is 5.69 Å². The van der Waals surface area contributed by atoms with Gasteiger partial charge in [-0.2, -0.15) is 4.39 Å². The van der Waals surface area contributed by atoms with Crippen LogP contribution in [0.1, 0.15) is 35.3 Å². The first-order valence-corrected chi connectivity index (χ1v) is 13.6. The first-order valence-electron chi connectivity index (χ1n) is 13.6. The SMILES string of the molecule is O=C(Nc1ccn(CCC(F)Cn2cc(C(=O)NCc3cccc(OC(F)(F)F)c3)nn2)c(=O)c1F)C(=O)N1CCCC(O)C1. The fourth-order valence-corrected chi connectivity index (χ4v) is 4.47. The summed E-state index contributed by atoms with van der Waals surface area (Å²) in [5.41, 5.74) is -1.55. The van der Waals surface area contributed by atoms with E-state index in [0.29, 0.717) is 18.4 Å². The number of hydrogen-bond donors (Lipinski definition) is 3. The number of halogens is 5. The second-order valence-corrected chi connectivity index (χ2v) is 10.1. The molecule has 4 rings (SSSR count). The molecule has 3 N–H and O–H groups in total. The number of benzene rings is 1. The molecule has 45 heavy (non-hydrogen) atoms. The molecular formula is C27H28F5N7O6. The van der Waals surface area contributed by atoms with E-state index >= 15 is 0 Å². The lowest BCUT2D eigenvalue weighted by Gasteiger charge is -2.29. The number of aromatic nitrogens is 4. The third kappa shape index (κ3) is 9.31. The molecule has 0 saturated carbocycles. The standard InChI is InChI=1S/C27H28F5N7O6/c28-17(13-39-15-21(35-36-39)23(41)33-12-16-3-1-5-19(11-16)45-27(30,31)32)6-9-37-10-7-20(22(29)25(37)43)34-24(42)26(44)38-8-2-4-18(40)14-38/h1,3,5,7,10-11,15,17-18,40H,2,4,6,8-9,12-14H2,(H,33,41)(H,34,42). The van der Waals surface area contributed by atoms with Gasteiger partial charge in [-0.3, -0.25) is 19.2 Å². The summed E-state index contributed by atoms with van der Waals surface area (Å²) in [6.45, 7) is -0.557. The number of hydrogen-bond acceptors (Lipinski definition) is 8. The Morgan fingerprint density at radius 2 is 1.98 bits per heavy atom. The lowest BCUT2D eigenvalue weighted by Crippen LogP contribution is -2.47. The number of nitrogens with zero attached hydrogens (tertiary/aromatic N) is 5. The maximum absolute atomic E-state index is 14.7. The van der Waals surface area contributed by atoms with E-state index in [-0.39, 0.29) is 44.8 Å². The van der Waals surface area contributed by atoms with Gasteiger partial charge in [0.25, 0.3) is 11.5 Å². The van der Waals surface area contributed by atoms with Crippen LogP contribution in [0, 0.1) is 5.82 Å². The Bertz CT molecular complexity index is 1590. The predicted octanol–water partition coefficient (Wildman–Crippen LogP) is 1.76. The van der Waals surface area contributed by atoms with Crippen LogP contribution in [-0.2, 0) is 29.2 Å². The third-order valence-corrected chi connectivity index (χ3v) is 6.66. The molecule has 0 bridgehead atoms. The number of piperidine rings is 1. The first-order chi connectivity index (χ1) is 21.3. The number of aliphatic hydroxyl groups excluding tert-OH is 1. The number of aliphatic hydroxyl groups is 1. The van der Waals surface area contributed by atoms with E-state index in [4.69, 9.17) is 0 Å². The molecule has 3 heterocycles. The number of likely N-dealkylation sites (tertiary alicyclic amines) is 1. The monoisotopic (exact) mass is 641 g/mol. The molecule has 1 aliphatic heterocycles. The van der Waals surface area contributed by atoms with Gasteiger partial charge in [-0.15, -0.1) is 18.3 Å². The highest BCUT2D eigenvalue weighted by atomic mass is 19.4. The number of amides is 3. The number of pyridine rings is 1. The van der Waals surface area contributed by atoms with Crippen molar-refractivity contribution < 1.29 is 46.2 Å². The minimum absolute atomic E-state index is 0.0358. The summed E-state index contributed by atoms with van der Waals surface area (Å²) in [5.74, 6) is -4.67. The minimum Gasteiger partial charge on any atom is -0.406 e. The number of carbonyl (C=O) groups excluding carboxylic acids is 3. The molecule has 13 nitrogen and oxygen atoms in total. The number of aryl methyl sites for hydroxylation is 1. The zero-order valence-corrected chi connectivity index (χ0v) is 23.5. The van der Waals surface area contributed by atoms with Crippen LogP contribution in [0.3, 0.4) is 0 Å². The molecule has 2 unspecified atom stereocenters. The van der Waals surface area contributed by atoms with Crippen LogP contribution in [0.2, 0.25) is 0 Å². The first kappa shape index (κ1) is 33.0. The molecule has 0 radical (unpaired) electrons. The number of anilines is 1. The lowest BCUT2D eigenvalue weighted by molar-refractivity contribution is -0.274. The summed E-state index contributed by atoms with van der Waals surface area (Å²) in [6.07, 6.45) is -4.24. The van der Waals surface area contributed by atoms with Crippen molar-refractivity contribution in [3.63, 3.8) is 0 Å². The maximum Gasteiger partial charge on any atom is 0.573 e. The van der Waals surface area contributed by atoms with Gasteiger partial charge in [-0.05, 0) is 43.0 Å². The number of alkyl halides is 4. The van der Waals surface area contributed by atoms with Gasteiger partial charge < -0.3 is 29.9 Å². The second kappa shape index (κ2) is 14.3.